The fourth-order valence-corrected chi connectivity index (χ4v) is 3.41. The zero-order valence-electron chi connectivity index (χ0n) is 13.4. The molecule has 1 amide bonds. The van der Waals surface area contributed by atoms with Gasteiger partial charge in [-0.3, -0.25) is 14.7 Å². The Morgan fingerprint density at radius 2 is 1.96 bits per heavy atom. The Kier molecular flexibility index (Phi) is 3.92. The summed E-state index contributed by atoms with van der Waals surface area (Å²) in [5, 5.41) is 14.1. The topological polar surface area (TPSA) is 92.7 Å². The van der Waals surface area contributed by atoms with Crippen molar-refractivity contribution in [1.29, 1.82) is 0 Å². The maximum atomic E-state index is 12.1. The second-order valence-electron chi connectivity index (χ2n) is 6.78. The van der Waals surface area contributed by atoms with E-state index in [4.69, 9.17) is 0 Å². The van der Waals surface area contributed by atoms with Crippen LogP contribution in [0.2, 0.25) is 0 Å². The molecule has 7 heteroatoms. The zero-order chi connectivity index (χ0) is 16.5. The quantitative estimate of drug-likeness (QED) is 0.895. The Morgan fingerprint density at radius 1 is 1.17 bits per heavy atom. The molecule has 126 valence electrons. The Labute approximate surface area is 139 Å². The van der Waals surface area contributed by atoms with E-state index >= 15 is 0 Å². The number of nitrogens with one attached hydrogen (secondary N) is 2. The van der Waals surface area contributed by atoms with Crippen LogP contribution in [0, 0.1) is 0 Å². The maximum absolute atomic E-state index is 12.1. The van der Waals surface area contributed by atoms with Crippen LogP contribution >= 0.6 is 0 Å². The highest BCUT2D eigenvalue weighted by Crippen LogP contribution is 2.38. The number of hydrogen-bond acceptors (Lipinski definition) is 4. The Hall–Kier alpha value is -2.44. The van der Waals surface area contributed by atoms with Gasteiger partial charge in [-0.05, 0) is 44.6 Å². The van der Waals surface area contributed by atoms with Gasteiger partial charge >= 0.3 is 0 Å². The number of rotatable bonds is 4. The van der Waals surface area contributed by atoms with E-state index in [-0.39, 0.29) is 23.6 Å². The van der Waals surface area contributed by atoms with E-state index in [9.17, 15) is 9.59 Å². The first-order valence-electron chi connectivity index (χ1n) is 8.60. The molecule has 2 aliphatic carbocycles. The summed E-state index contributed by atoms with van der Waals surface area (Å²) >= 11 is 0. The molecule has 0 aliphatic heterocycles. The number of nitrogens with zero attached hydrogens (tertiary/aromatic N) is 3. The van der Waals surface area contributed by atoms with Gasteiger partial charge in [0.1, 0.15) is 0 Å². The van der Waals surface area contributed by atoms with E-state index in [2.05, 4.69) is 20.6 Å². The highest BCUT2D eigenvalue weighted by atomic mass is 16.2. The minimum absolute atomic E-state index is 0.0229. The first-order chi connectivity index (χ1) is 11.7. The summed E-state index contributed by atoms with van der Waals surface area (Å²) in [6, 6.07) is 3.80. The van der Waals surface area contributed by atoms with Crippen molar-refractivity contribution in [2.75, 3.05) is 0 Å². The molecule has 0 radical (unpaired) electrons. The molecule has 2 aliphatic rings. The van der Waals surface area contributed by atoms with E-state index < -0.39 is 0 Å². The Balaban J connectivity index is 1.38. The average Bonchev–Trinajstić information content (AvgIpc) is 3.30. The second-order valence-corrected chi connectivity index (χ2v) is 6.78. The van der Waals surface area contributed by atoms with Crippen LogP contribution in [0.25, 0.3) is 0 Å². The fourth-order valence-electron chi connectivity index (χ4n) is 3.41. The van der Waals surface area contributed by atoms with E-state index in [0.29, 0.717) is 11.5 Å². The smallest absolute Gasteiger partial charge is 0.267 e. The van der Waals surface area contributed by atoms with Crippen molar-refractivity contribution in [3.63, 3.8) is 0 Å². The lowest BCUT2D eigenvalue weighted by Crippen LogP contribution is -2.39. The van der Waals surface area contributed by atoms with Crippen molar-refractivity contribution in [3.8, 4) is 0 Å². The zero-order valence-corrected chi connectivity index (χ0v) is 13.4. The van der Waals surface area contributed by atoms with Crippen LogP contribution in [0.15, 0.2) is 29.3 Å². The molecule has 24 heavy (non-hydrogen) atoms. The molecular weight excluding hydrogens is 306 g/mol. The van der Waals surface area contributed by atoms with E-state index in [0.717, 1.165) is 31.4 Å². The molecule has 2 aromatic heterocycles. The van der Waals surface area contributed by atoms with Crippen LogP contribution in [0.1, 0.15) is 66.5 Å². The molecular formula is C17H21N5O2. The van der Waals surface area contributed by atoms with Gasteiger partial charge in [-0.2, -0.15) is 10.2 Å². The molecule has 0 bridgehead atoms. The molecule has 0 spiro atoms. The molecule has 2 aromatic rings. The summed E-state index contributed by atoms with van der Waals surface area (Å²) in [4.78, 5) is 24.2. The molecule has 0 saturated heterocycles. The number of hydrogen-bond donors (Lipinski definition) is 2. The van der Waals surface area contributed by atoms with Gasteiger partial charge in [0.05, 0.1) is 23.5 Å². The highest BCUT2D eigenvalue weighted by Gasteiger charge is 2.28. The van der Waals surface area contributed by atoms with Crippen molar-refractivity contribution in [1.82, 2.24) is 25.3 Å². The first-order valence-corrected chi connectivity index (χ1v) is 8.60. The van der Waals surface area contributed by atoms with Gasteiger partial charge in [0.2, 0.25) is 0 Å². The van der Waals surface area contributed by atoms with Gasteiger partial charge < -0.3 is 5.32 Å². The standard InChI is InChI=1S/C17H21N5O2/c23-16-8-7-15(11-1-2-11)21-22(16)14-5-3-13(4-6-14)20-17(24)12-9-18-19-10-12/h7-11,13-14H,1-6H2,(H,18,19)(H,20,24). The average molecular weight is 327 g/mol. The van der Waals surface area contributed by atoms with Gasteiger partial charge in [-0.25, -0.2) is 4.68 Å². The molecule has 4 rings (SSSR count). The number of H-pyrrole nitrogens is 1. The lowest BCUT2D eigenvalue weighted by molar-refractivity contribution is 0.0921. The summed E-state index contributed by atoms with van der Waals surface area (Å²) in [6.45, 7) is 0. The van der Waals surface area contributed by atoms with Crippen LogP contribution in [0.5, 0.6) is 0 Å². The minimum Gasteiger partial charge on any atom is -0.349 e. The molecule has 2 saturated carbocycles. The number of amides is 1. The number of aromatic nitrogens is 4. The number of aromatic amines is 1. The third-order valence-electron chi connectivity index (χ3n) is 4.98. The van der Waals surface area contributed by atoms with Gasteiger partial charge in [0.25, 0.3) is 11.5 Å². The second kappa shape index (κ2) is 6.22. The van der Waals surface area contributed by atoms with Crippen molar-refractivity contribution >= 4 is 5.91 Å². The minimum atomic E-state index is -0.0989. The molecule has 0 unspecified atom stereocenters. The lowest BCUT2D eigenvalue weighted by Gasteiger charge is -2.29. The molecule has 7 nitrogen and oxygen atoms in total. The van der Waals surface area contributed by atoms with E-state index in [1.54, 1.807) is 16.9 Å². The summed E-state index contributed by atoms with van der Waals surface area (Å²) in [7, 11) is 0. The van der Waals surface area contributed by atoms with Gasteiger partial charge in [0, 0.05) is 24.2 Å². The summed E-state index contributed by atoms with van der Waals surface area (Å²) < 4.78 is 1.67. The van der Waals surface area contributed by atoms with Crippen molar-refractivity contribution < 1.29 is 4.79 Å². The molecule has 0 atom stereocenters. The lowest BCUT2D eigenvalue weighted by atomic mass is 9.91. The Morgan fingerprint density at radius 3 is 2.62 bits per heavy atom. The predicted molar refractivity (Wildman–Crippen MR) is 87.8 cm³/mol. The van der Waals surface area contributed by atoms with E-state index in [1.807, 2.05) is 6.07 Å². The fraction of sp³-hybridized carbons (Fsp3) is 0.529. The predicted octanol–water partition coefficient (Wildman–Crippen LogP) is 1.76. The first kappa shape index (κ1) is 15.1. The third kappa shape index (κ3) is 3.11. The van der Waals surface area contributed by atoms with Gasteiger partial charge in [0.15, 0.2) is 0 Å². The SMILES string of the molecule is O=C(NC1CCC(n2nc(C3CC3)ccc2=O)CC1)c1cn[nH]c1. The van der Waals surface area contributed by atoms with Crippen molar-refractivity contribution in [2.45, 2.75) is 56.5 Å². The van der Waals surface area contributed by atoms with Crippen LogP contribution in [-0.2, 0) is 0 Å². The van der Waals surface area contributed by atoms with Crippen LogP contribution in [0.3, 0.4) is 0 Å². The van der Waals surface area contributed by atoms with Crippen LogP contribution in [0.4, 0.5) is 0 Å². The summed E-state index contributed by atoms with van der Waals surface area (Å²) in [6.07, 6.45) is 8.90. The van der Waals surface area contributed by atoms with Crippen LogP contribution in [-0.4, -0.2) is 31.9 Å². The third-order valence-corrected chi connectivity index (χ3v) is 4.98. The molecule has 2 fully saturated rings. The Bertz CT molecular complexity index is 771. The van der Waals surface area contributed by atoms with Crippen LogP contribution < -0.4 is 10.9 Å². The molecule has 2 heterocycles. The molecule has 2 N–H and O–H groups in total. The summed E-state index contributed by atoms with van der Waals surface area (Å²) in [5.74, 6) is 0.445. The van der Waals surface area contributed by atoms with E-state index in [1.165, 1.54) is 19.0 Å². The normalized spacial score (nSPS) is 23.8. The maximum Gasteiger partial charge on any atom is 0.267 e. The largest absolute Gasteiger partial charge is 0.349 e. The number of carbonyl (C=O) groups is 1. The highest BCUT2D eigenvalue weighted by molar-refractivity contribution is 5.93. The van der Waals surface area contributed by atoms with Crippen molar-refractivity contribution in [2.24, 2.45) is 0 Å². The monoisotopic (exact) mass is 327 g/mol. The van der Waals surface area contributed by atoms with Gasteiger partial charge in [-0.1, -0.05) is 0 Å². The van der Waals surface area contributed by atoms with Gasteiger partial charge in [-0.15, -0.1) is 0 Å². The summed E-state index contributed by atoms with van der Waals surface area (Å²) in [5.41, 5.74) is 1.57. The molecule has 0 aromatic carbocycles. The van der Waals surface area contributed by atoms with Crippen molar-refractivity contribution in [3.05, 3.63) is 46.1 Å². The number of carbonyl (C=O) groups excluding carboxylic acids is 1.